The average Bonchev–Trinajstić information content (AvgIpc) is 2.37. The van der Waals surface area contributed by atoms with Crippen molar-refractivity contribution in [3.63, 3.8) is 0 Å². The zero-order valence-electron chi connectivity index (χ0n) is 10.8. The highest BCUT2D eigenvalue weighted by atomic mass is 32.2. The van der Waals surface area contributed by atoms with Gasteiger partial charge in [-0.2, -0.15) is 11.8 Å². The average molecular weight is 284 g/mol. The molecule has 104 valence electrons. The molecule has 0 heterocycles. The third-order valence-electron chi connectivity index (χ3n) is 2.66. The Balaban J connectivity index is 3.01. The van der Waals surface area contributed by atoms with Crippen molar-refractivity contribution in [1.29, 1.82) is 0 Å². The second-order valence-corrected chi connectivity index (χ2v) is 4.91. The van der Waals surface area contributed by atoms with E-state index in [1.54, 1.807) is 17.8 Å². The van der Waals surface area contributed by atoms with Crippen molar-refractivity contribution in [3.05, 3.63) is 33.9 Å². The molecule has 6 nitrogen and oxygen atoms in total. The molecule has 0 amide bonds. The van der Waals surface area contributed by atoms with Crippen molar-refractivity contribution in [2.45, 2.75) is 19.4 Å². The van der Waals surface area contributed by atoms with Crippen LogP contribution < -0.4 is 5.32 Å². The summed E-state index contributed by atoms with van der Waals surface area (Å²) in [6, 6.07) is 4.28. The van der Waals surface area contributed by atoms with E-state index < -0.39 is 16.6 Å². The zero-order valence-corrected chi connectivity index (χ0v) is 11.6. The van der Waals surface area contributed by atoms with E-state index in [-0.39, 0.29) is 11.6 Å². The van der Waals surface area contributed by atoms with Crippen LogP contribution >= 0.6 is 11.8 Å². The summed E-state index contributed by atoms with van der Waals surface area (Å²) < 4.78 is 0. The number of benzene rings is 1. The summed E-state index contributed by atoms with van der Waals surface area (Å²) in [5, 5.41) is 22.9. The molecule has 1 unspecified atom stereocenters. The van der Waals surface area contributed by atoms with Gasteiger partial charge in [0.25, 0.3) is 5.69 Å². The van der Waals surface area contributed by atoms with Crippen molar-refractivity contribution < 1.29 is 14.8 Å². The number of hydrogen-bond donors (Lipinski definition) is 2. The summed E-state index contributed by atoms with van der Waals surface area (Å²) in [4.78, 5) is 21.1. The molecular weight excluding hydrogens is 268 g/mol. The fourth-order valence-corrected chi connectivity index (χ4v) is 2.37. The Bertz CT molecular complexity index is 479. The summed E-state index contributed by atoms with van der Waals surface area (Å²) in [5.74, 6) is -0.417. The Morgan fingerprint density at radius 2 is 2.26 bits per heavy atom. The Morgan fingerprint density at radius 3 is 2.74 bits per heavy atom. The maximum Gasteiger partial charge on any atom is 0.342 e. The Morgan fingerprint density at radius 1 is 1.58 bits per heavy atom. The molecule has 1 aromatic rings. The lowest BCUT2D eigenvalue weighted by Gasteiger charge is -2.17. The molecule has 0 fully saturated rings. The minimum atomic E-state index is -1.30. The summed E-state index contributed by atoms with van der Waals surface area (Å²) in [7, 11) is 0. The second-order valence-electron chi connectivity index (χ2n) is 4.00. The first-order valence-corrected chi connectivity index (χ1v) is 7.16. The van der Waals surface area contributed by atoms with Gasteiger partial charge in [-0.25, -0.2) is 4.79 Å². The largest absolute Gasteiger partial charge is 0.477 e. The summed E-state index contributed by atoms with van der Waals surface area (Å²) in [5.41, 5.74) is -0.123. The maximum absolute atomic E-state index is 10.9. The molecule has 1 rings (SSSR count). The van der Waals surface area contributed by atoms with E-state index in [1.807, 2.05) is 13.2 Å². The van der Waals surface area contributed by atoms with E-state index in [2.05, 4.69) is 5.32 Å². The number of nitrogens with zero attached hydrogens (tertiary/aromatic N) is 1. The van der Waals surface area contributed by atoms with Gasteiger partial charge < -0.3 is 10.4 Å². The fourth-order valence-electron chi connectivity index (χ4n) is 1.65. The number of carboxylic acid groups (broad SMARTS) is 1. The van der Waals surface area contributed by atoms with Crippen LogP contribution in [0.15, 0.2) is 18.2 Å². The van der Waals surface area contributed by atoms with Crippen LogP contribution in [0.25, 0.3) is 0 Å². The molecule has 1 atom stereocenters. The lowest BCUT2D eigenvalue weighted by atomic mass is 10.1. The van der Waals surface area contributed by atoms with Gasteiger partial charge in [-0.3, -0.25) is 10.1 Å². The van der Waals surface area contributed by atoms with Gasteiger partial charge in [0.15, 0.2) is 0 Å². The Hall–Kier alpha value is -1.76. The molecule has 0 aromatic heterocycles. The lowest BCUT2D eigenvalue weighted by molar-refractivity contribution is -0.385. The first-order valence-electron chi connectivity index (χ1n) is 5.76. The Kier molecular flexibility index (Phi) is 5.62. The van der Waals surface area contributed by atoms with Crippen LogP contribution in [-0.4, -0.2) is 34.0 Å². The summed E-state index contributed by atoms with van der Waals surface area (Å²) in [6.07, 6.45) is 2.87. The SMILES string of the molecule is CCC(CSC)Nc1ccc(C(=O)O)c([N+](=O)[O-])c1. The lowest BCUT2D eigenvalue weighted by Crippen LogP contribution is -2.21. The molecule has 19 heavy (non-hydrogen) atoms. The monoisotopic (exact) mass is 284 g/mol. The first-order chi connectivity index (χ1) is 8.99. The summed E-state index contributed by atoms with van der Waals surface area (Å²) in [6.45, 7) is 2.02. The number of nitro groups is 1. The number of nitro benzene ring substituents is 1. The van der Waals surface area contributed by atoms with Gasteiger partial charge in [0.2, 0.25) is 0 Å². The van der Waals surface area contributed by atoms with Gasteiger partial charge in [0.1, 0.15) is 5.56 Å². The Labute approximate surface area is 115 Å². The third kappa shape index (κ3) is 4.13. The molecule has 0 saturated heterocycles. The van der Waals surface area contributed by atoms with E-state index in [4.69, 9.17) is 5.11 Å². The molecule has 0 aliphatic carbocycles. The fraction of sp³-hybridized carbons (Fsp3) is 0.417. The topological polar surface area (TPSA) is 92.5 Å². The molecule has 1 aromatic carbocycles. The van der Waals surface area contributed by atoms with Gasteiger partial charge in [0, 0.05) is 23.5 Å². The van der Waals surface area contributed by atoms with Gasteiger partial charge in [-0.15, -0.1) is 0 Å². The zero-order chi connectivity index (χ0) is 14.4. The van der Waals surface area contributed by atoms with Crippen LogP contribution in [0.5, 0.6) is 0 Å². The van der Waals surface area contributed by atoms with Crippen LogP contribution in [0.2, 0.25) is 0 Å². The van der Waals surface area contributed by atoms with Crippen LogP contribution in [0, 0.1) is 10.1 Å². The third-order valence-corrected chi connectivity index (χ3v) is 3.39. The number of hydrogen-bond acceptors (Lipinski definition) is 5. The molecule has 0 bridgehead atoms. The van der Waals surface area contributed by atoms with Crippen LogP contribution in [0.4, 0.5) is 11.4 Å². The number of rotatable bonds is 7. The maximum atomic E-state index is 10.9. The highest BCUT2D eigenvalue weighted by molar-refractivity contribution is 7.98. The number of thioether (sulfide) groups is 1. The van der Waals surface area contributed by atoms with E-state index in [9.17, 15) is 14.9 Å². The molecule has 0 aliphatic heterocycles. The molecular formula is C12H16N2O4S. The predicted octanol–water partition coefficient (Wildman–Crippen LogP) is 2.85. The highest BCUT2D eigenvalue weighted by Crippen LogP contribution is 2.24. The van der Waals surface area contributed by atoms with Crippen molar-refractivity contribution >= 4 is 29.1 Å². The van der Waals surface area contributed by atoms with E-state index in [0.717, 1.165) is 12.2 Å². The van der Waals surface area contributed by atoms with Crippen LogP contribution in [-0.2, 0) is 0 Å². The first kappa shape index (κ1) is 15.3. The quantitative estimate of drug-likeness (QED) is 0.591. The van der Waals surface area contributed by atoms with Crippen molar-refractivity contribution in [1.82, 2.24) is 0 Å². The van der Waals surface area contributed by atoms with E-state index in [1.165, 1.54) is 12.1 Å². The van der Waals surface area contributed by atoms with Gasteiger partial charge >= 0.3 is 5.97 Å². The van der Waals surface area contributed by atoms with Crippen molar-refractivity contribution in [2.24, 2.45) is 0 Å². The molecule has 2 N–H and O–H groups in total. The van der Waals surface area contributed by atoms with Gasteiger partial charge in [-0.05, 0) is 24.8 Å². The van der Waals surface area contributed by atoms with E-state index in [0.29, 0.717) is 5.69 Å². The van der Waals surface area contributed by atoms with Crippen molar-refractivity contribution in [2.75, 3.05) is 17.3 Å². The second kappa shape index (κ2) is 6.98. The molecule has 0 spiro atoms. The molecule has 0 radical (unpaired) electrons. The predicted molar refractivity (Wildman–Crippen MR) is 76.1 cm³/mol. The summed E-state index contributed by atoms with van der Waals surface area (Å²) >= 11 is 1.68. The number of aromatic carboxylic acids is 1. The minimum Gasteiger partial charge on any atom is -0.477 e. The standard InChI is InChI=1S/C12H16N2O4S/c1-3-8(7-19-2)13-9-4-5-10(12(15)16)11(6-9)14(17)18/h4-6,8,13H,3,7H2,1-2H3,(H,15,16). The van der Waals surface area contributed by atoms with Crippen molar-refractivity contribution in [3.8, 4) is 0 Å². The highest BCUT2D eigenvalue weighted by Gasteiger charge is 2.20. The molecule has 7 heteroatoms. The van der Waals surface area contributed by atoms with Crippen LogP contribution in [0.1, 0.15) is 23.7 Å². The number of nitrogens with one attached hydrogen (secondary N) is 1. The molecule has 0 aliphatic rings. The van der Waals surface area contributed by atoms with E-state index >= 15 is 0 Å². The number of carboxylic acids is 1. The normalized spacial score (nSPS) is 11.9. The van der Waals surface area contributed by atoms with Gasteiger partial charge in [-0.1, -0.05) is 6.92 Å². The van der Waals surface area contributed by atoms with Crippen LogP contribution in [0.3, 0.4) is 0 Å². The van der Waals surface area contributed by atoms with Gasteiger partial charge in [0.05, 0.1) is 4.92 Å². The smallest absolute Gasteiger partial charge is 0.342 e. The number of anilines is 1. The molecule has 0 saturated carbocycles. The number of carbonyl (C=O) groups is 1. The minimum absolute atomic E-state index is 0.199.